The molecule has 0 aliphatic heterocycles. The monoisotopic (exact) mass is 211 g/mol. The number of rotatable bonds is 2. The van der Waals surface area contributed by atoms with Gasteiger partial charge in [0.05, 0.1) is 11.2 Å². The first-order chi connectivity index (χ1) is 6.68. The SMILES string of the molecule is Cc1ncsc1-c1nnc(C(=O)O)o1. The van der Waals surface area contributed by atoms with E-state index in [2.05, 4.69) is 15.2 Å². The molecule has 0 amide bonds. The molecular formula is C7H5N3O3S. The number of hydrogen-bond acceptors (Lipinski definition) is 6. The second kappa shape index (κ2) is 3.18. The number of hydrogen-bond donors (Lipinski definition) is 1. The van der Waals surface area contributed by atoms with Crippen LogP contribution < -0.4 is 0 Å². The van der Waals surface area contributed by atoms with Gasteiger partial charge in [0, 0.05) is 0 Å². The van der Waals surface area contributed by atoms with Crippen LogP contribution in [0.25, 0.3) is 10.8 Å². The zero-order valence-electron chi connectivity index (χ0n) is 7.09. The molecule has 7 heteroatoms. The van der Waals surface area contributed by atoms with Crippen molar-refractivity contribution in [3.8, 4) is 10.8 Å². The van der Waals surface area contributed by atoms with Crippen LogP contribution in [0.4, 0.5) is 0 Å². The number of aromatic carboxylic acids is 1. The maximum atomic E-state index is 10.5. The highest BCUT2D eigenvalue weighted by atomic mass is 32.1. The fraction of sp³-hybridized carbons (Fsp3) is 0.143. The van der Waals surface area contributed by atoms with Gasteiger partial charge in [0.15, 0.2) is 0 Å². The molecule has 2 rings (SSSR count). The summed E-state index contributed by atoms with van der Waals surface area (Å²) in [6, 6.07) is 0. The number of aryl methyl sites for hydroxylation is 1. The molecule has 2 aromatic rings. The Balaban J connectivity index is 2.43. The van der Waals surface area contributed by atoms with Gasteiger partial charge in [0.25, 0.3) is 5.89 Å². The van der Waals surface area contributed by atoms with Gasteiger partial charge in [0.1, 0.15) is 4.88 Å². The summed E-state index contributed by atoms with van der Waals surface area (Å²) in [5.41, 5.74) is 2.38. The van der Waals surface area contributed by atoms with Crippen LogP contribution in [0.15, 0.2) is 9.93 Å². The molecular weight excluding hydrogens is 206 g/mol. The molecule has 6 nitrogen and oxygen atoms in total. The van der Waals surface area contributed by atoms with Gasteiger partial charge in [-0.1, -0.05) is 0 Å². The molecule has 0 fully saturated rings. The van der Waals surface area contributed by atoms with Crippen LogP contribution in [-0.4, -0.2) is 26.3 Å². The van der Waals surface area contributed by atoms with E-state index < -0.39 is 11.9 Å². The second-order valence-corrected chi connectivity index (χ2v) is 3.34. The van der Waals surface area contributed by atoms with Gasteiger partial charge >= 0.3 is 11.9 Å². The minimum atomic E-state index is -1.23. The molecule has 14 heavy (non-hydrogen) atoms. The lowest BCUT2D eigenvalue weighted by molar-refractivity contribution is 0.0654. The first-order valence-electron chi connectivity index (χ1n) is 3.65. The summed E-state index contributed by atoms with van der Waals surface area (Å²) < 4.78 is 4.92. The average molecular weight is 211 g/mol. The minimum absolute atomic E-state index is 0.197. The molecule has 0 aromatic carbocycles. The van der Waals surface area contributed by atoms with E-state index in [0.717, 1.165) is 5.69 Å². The van der Waals surface area contributed by atoms with Gasteiger partial charge < -0.3 is 9.52 Å². The van der Waals surface area contributed by atoms with Crippen molar-refractivity contribution in [3.05, 3.63) is 17.1 Å². The number of aromatic nitrogens is 3. The third-order valence-electron chi connectivity index (χ3n) is 1.55. The highest BCUT2D eigenvalue weighted by Crippen LogP contribution is 2.25. The highest BCUT2D eigenvalue weighted by molar-refractivity contribution is 7.13. The largest absolute Gasteiger partial charge is 0.474 e. The van der Waals surface area contributed by atoms with Crippen LogP contribution in [0.5, 0.6) is 0 Å². The van der Waals surface area contributed by atoms with E-state index >= 15 is 0 Å². The average Bonchev–Trinajstić information content (AvgIpc) is 2.71. The van der Waals surface area contributed by atoms with Crippen molar-refractivity contribution in [2.75, 3.05) is 0 Å². The summed E-state index contributed by atoms with van der Waals surface area (Å²) in [4.78, 5) is 15.1. The second-order valence-electron chi connectivity index (χ2n) is 2.48. The molecule has 2 aromatic heterocycles. The van der Waals surface area contributed by atoms with E-state index in [1.54, 1.807) is 12.4 Å². The zero-order chi connectivity index (χ0) is 10.1. The van der Waals surface area contributed by atoms with Gasteiger partial charge in [-0.15, -0.1) is 21.5 Å². The molecule has 0 aliphatic carbocycles. The molecule has 0 saturated heterocycles. The standard InChI is InChI=1S/C7H5N3O3S/c1-3-4(14-2-8-3)5-9-10-6(13-5)7(11)12/h2H,1H3,(H,11,12). The summed E-state index contributed by atoms with van der Waals surface area (Å²) in [6.07, 6.45) is 0. The zero-order valence-corrected chi connectivity index (χ0v) is 7.91. The molecule has 0 radical (unpaired) electrons. The number of carbonyl (C=O) groups is 1. The summed E-state index contributed by atoms with van der Waals surface area (Å²) in [7, 11) is 0. The fourth-order valence-corrected chi connectivity index (χ4v) is 1.63. The van der Waals surface area contributed by atoms with E-state index in [1.807, 2.05) is 0 Å². The van der Waals surface area contributed by atoms with Crippen LogP contribution in [-0.2, 0) is 0 Å². The topological polar surface area (TPSA) is 89.1 Å². The summed E-state index contributed by atoms with van der Waals surface area (Å²) in [6.45, 7) is 1.79. The van der Waals surface area contributed by atoms with Crippen LogP contribution >= 0.6 is 11.3 Å². The van der Waals surface area contributed by atoms with Crippen molar-refractivity contribution in [2.24, 2.45) is 0 Å². The van der Waals surface area contributed by atoms with Crippen LogP contribution in [0.2, 0.25) is 0 Å². The molecule has 0 aliphatic rings. The highest BCUT2D eigenvalue weighted by Gasteiger charge is 2.16. The molecule has 0 unspecified atom stereocenters. The van der Waals surface area contributed by atoms with Crippen molar-refractivity contribution < 1.29 is 14.3 Å². The van der Waals surface area contributed by atoms with E-state index in [-0.39, 0.29) is 5.89 Å². The number of thiazole rings is 1. The first-order valence-corrected chi connectivity index (χ1v) is 4.53. The lowest BCUT2D eigenvalue weighted by Gasteiger charge is -1.87. The van der Waals surface area contributed by atoms with Gasteiger partial charge in [0.2, 0.25) is 0 Å². The van der Waals surface area contributed by atoms with Crippen molar-refractivity contribution in [1.29, 1.82) is 0 Å². The minimum Gasteiger partial charge on any atom is -0.474 e. The number of nitrogens with zero attached hydrogens (tertiary/aromatic N) is 3. The molecule has 0 atom stereocenters. The molecule has 2 heterocycles. The normalized spacial score (nSPS) is 10.4. The molecule has 0 bridgehead atoms. The summed E-state index contributed by atoms with van der Waals surface area (Å²) in [5.74, 6) is -1.44. The molecule has 1 N–H and O–H groups in total. The predicted molar refractivity (Wildman–Crippen MR) is 47.1 cm³/mol. The van der Waals surface area contributed by atoms with E-state index in [0.29, 0.717) is 4.88 Å². The maximum absolute atomic E-state index is 10.5. The quantitative estimate of drug-likeness (QED) is 0.802. The lowest BCUT2D eigenvalue weighted by atomic mass is 10.4. The third kappa shape index (κ3) is 1.37. The van der Waals surface area contributed by atoms with Gasteiger partial charge in [-0.3, -0.25) is 0 Å². The Labute approximate surface area is 82.2 Å². The maximum Gasteiger partial charge on any atom is 0.393 e. The Hall–Kier alpha value is -1.76. The smallest absolute Gasteiger partial charge is 0.393 e. The number of carboxylic acid groups (broad SMARTS) is 1. The first kappa shape index (κ1) is 8.82. The van der Waals surface area contributed by atoms with E-state index in [9.17, 15) is 4.79 Å². The predicted octanol–water partition coefficient (Wildman–Crippen LogP) is 1.20. The Morgan fingerprint density at radius 3 is 2.86 bits per heavy atom. The Kier molecular flexibility index (Phi) is 2.01. The third-order valence-corrected chi connectivity index (χ3v) is 2.46. The summed E-state index contributed by atoms with van der Waals surface area (Å²) in [5, 5.41) is 15.5. The van der Waals surface area contributed by atoms with Gasteiger partial charge in [-0.25, -0.2) is 9.78 Å². The number of carboxylic acids is 1. The van der Waals surface area contributed by atoms with Crippen LogP contribution in [0.3, 0.4) is 0 Å². The lowest BCUT2D eigenvalue weighted by Crippen LogP contribution is -1.95. The Morgan fingerprint density at radius 1 is 1.57 bits per heavy atom. The van der Waals surface area contributed by atoms with Crippen molar-refractivity contribution in [1.82, 2.24) is 15.2 Å². The van der Waals surface area contributed by atoms with Crippen molar-refractivity contribution in [2.45, 2.75) is 6.92 Å². The van der Waals surface area contributed by atoms with Crippen molar-refractivity contribution >= 4 is 17.3 Å². The summed E-state index contributed by atoms with van der Waals surface area (Å²) >= 11 is 1.33. The van der Waals surface area contributed by atoms with Crippen LogP contribution in [0, 0.1) is 6.92 Å². The van der Waals surface area contributed by atoms with Crippen molar-refractivity contribution in [3.63, 3.8) is 0 Å². The van der Waals surface area contributed by atoms with E-state index in [1.165, 1.54) is 11.3 Å². The fourth-order valence-electron chi connectivity index (χ4n) is 0.909. The van der Waals surface area contributed by atoms with Crippen LogP contribution in [0.1, 0.15) is 16.4 Å². The van der Waals surface area contributed by atoms with E-state index in [4.69, 9.17) is 9.52 Å². The Bertz CT molecular complexity index is 476. The Morgan fingerprint density at radius 2 is 2.36 bits per heavy atom. The van der Waals surface area contributed by atoms with Gasteiger partial charge in [-0.2, -0.15) is 0 Å². The van der Waals surface area contributed by atoms with Gasteiger partial charge in [-0.05, 0) is 6.92 Å². The molecule has 0 saturated carbocycles. The molecule has 0 spiro atoms. The molecule has 72 valence electrons.